The largest absolute Gasteiger partial charge is 0.350 e. The van der Waals surface area contributed by atoms with Crippen molar-refractivity contribution in [3.63, 3.8) is 0 Å². The summed E-state index contributed by atoms with van der Waals surface area (Å²) in [4.78, 5) is 14.0. The van der Waals surface area contributed by atoms with E-state index in [9.17, 15) is 4.79 Å². The van der Waals surface area contributed by atoms with Crippen LogP contribution in [0.2, 0.25) is 0 Å². The number of rotatable bonds is 3. The number of carbonyl (C=O) groups is 1. The predicted molar refractivity (Wildman–Crippen MR) is 85.8 cm³/mol. The number of aryl methyl sites for hydroxylation is 2. The highest BCUT2D eigenvalue weighted by molar-refractivity contribution is 7.17. The second kappa shape index (κ2) is 6.39. The first kappa shape index (κ1) is 15.0. The topological polar surface area (TPSA) is 55.1 Å². The van der Waals surface area contributed by atoms with Gasteiger partial charge in [-0.1, -0.05) is 24.3 Å². The number of nitrogens with two attached hydrogens (primary N) is 1. The van der Waals surface area contributed by atoms with Gasteiger partial charge in [-0.05, 0) is 35.6 Å². The van der Waals surface area contributed by atoms with Crippen LogP contribution >= 0.6 is 23.7 Å². The van der Waals surface area contributed by atoms with Gasteiger partial charge in [0.25, 0.3) is 5.91 Å². The summed E-state index contributed by atoms with van der Waals surface area (Å²) in [7, 11) is 0. The first-order valence-corrected chi connectivity index (χ1v) is 7.30. The van der Waals surface area contributed by atoms with E-state index < -0.39 is 0 Å². The van der Waals surface area contributed by atoms with E-state index in [2.05, 4.69) is 29.6 Å². The molecule has 106 valence electrons. The first-order chi connectivity index (χ1) is 9.29. The number of carbonyl (C=O) groups excluding carboxylic acids is 1. The quantitative estimate of drug-likeness (QED) is 0.916. The molecule has 20 heavy (non-hydrogen) atoms. The van der Waals surface area contributed by atoms with Crippen LogP contribution in [-0.2, 0) is 12.8 Å². The maximum Gasteiger partial charge on any atom is 0.261 e. The molecule has 3 nitrogen and oxygen atoms in total. The van der Waals surface area contributed by atoms with Gasteiger partial charge in [-0.25, -0.2) is 0 Å². The number of nitrogens with one attached hydrogen (secondary N) is 1. The van der Waals surface area contributed by atoms with Crippen molar-refractivity contribution in [3.05, 3.63) is 46.3 Å². The van der Waals surface area contributed by atoms with E-state index in [0.717, 1.165) is 17.7 Å². The maximum atomic E-state index is 12.0. The standard InChI is InChI=1S/C15H16N2OS.ClH/c16-7-8-17-15(18)13-9-11-6-5-10-3-1-2-4-12(10)14(11)19-13;/h1-4,9H,5-8,16H2,(H,17,18);1H. The second-order valence-electron chi connectivity index (χ2n) is 4.67. The van der Waals surface area contributed by atoms with Crippen molar-refractivity contribution < 1.29 is 4.79 Å². The molecule has 0 bridgehead atoms. The lowest BCUT2D eigenvalue weighted by Crippen LogP contribution is -2.28. The average molecular weight is 309 g/mol. The third-order valence-corrected chi connectivity index (χ3v) is 4.60. The molecule has 5 heteroatoms. The van der Waals surface area contributed by atoms with Gasteiger partial charge >= 0.3 is 0 Å². The SMILES string of the molecule is Cl.NCCNC(=O)c1cc2c(s1)-c1ccccc1CC2. The highest BCUT2D eigenvalue weighted by atomic mass is 35.5. The predicted octanol–water partition coefficient (Wildman–Crippen LogP) is 2.62. The third-order valence-electron chi connectivity index (χ3n) is 3.39. The van der Waals surface area contributed by atoms with Gasteiger partial charge in [0.1, 0.15) is 0 Å². The molecule has 1 aliphatic carbocycles. The van der Waals surface area contributed by atoms with Crippen molar-refractivity contribution in [3.8, 4) is 10.4 Å². The Hall–Kier alpha value is -1.36. The molecule has 0 aliphatic heterocycles. The first-order valence-electron chi connectivity index (χ1n) is 6.49. The van der Waals surface area contributed by atoms with Crippen LogP contribution in [0.3, 0.4) is 0 Å². The van der Waals surface area contributed by atoms with Crippen molar-refractivity contribution in [1.29, 1.82) is 0 Å². The van der Waals surface area contributed by atoms with Gasteiger partial charge in [-0.3, -0.25) is 4.79 Å². The lowest BCUT2D eigenvalue weighted by Gasteiger charge is -2.15. The molecule has 1 aromatic heterocycles. The number of benzene rings is 1. The summed E-state index contributed by atoms with van der Waals surface area (Å²) >= 11 is 1.58. The normalized spacial score (nSPS) is 12.1. The van der Waals surface area contributed by atoms with Crippen LogP contribution in [0.1, 0.15) is 20.8 Å². The minimum Gasteiger partial charge on any atom is -0.350 e. The lowest BCUT2D eigenvalue weighted by molar-refractivity contribution is 0.0958. The average Bonchev–Trinajstić information content (AvgIpc) is 2.89. The second-order valence-corrected chi connectivity index (χ2v) is 5.72. The highest BCUT2D eigenvalue weighted by Gasteiger charge is 2.20. The smallest absolute Gasteiger partial charge is 0.261 e. The van der Waals surface area contributed by atoms with Crippen LogP contribution in [-0.4, -0.2) is 19.0 Å². The van der Waals surface area contributed by atoms with E-state index in [1.54, 1.807) is 11.3 Å². The van der Waals surface area contributed by atoms with Crippen LogP contribution in [0.4, 0.5) is 0 Å². The van der Waals surface area contributed by atoms with Crippen molar-refractivity contribution >= 4 is 29.7 Å². The fourth-order valence-corrected chi connectivity index (χ4v) is 3.64. The highest BCUT2D eigenvalue weighted by Crippen LogP contribution is 2.39. The van der Waals surface area contributed by atoms with E-state index in [1.807, 2.05) is 6.07 Å². The molecule has 0 fully saturated rings. The number of thiophene rings is 1. The molecule has 1 aromatic carbocycles. The zero-order chi connectivity index (χ0) is 13.2. The summed E-state index contributed by atoms with van der Waals surface area (Å²) in [6, 6.07) is 10.5. The Morgan fingerprint density at radius 3 is 2.80 bits per heavy atom. The summed E-state index contributed by atoms with van der Waals surface area (Å²) in [5, 5.41) is 2.83. The molecule has 1 aliphatic rings. The van der Waals surface area contributed by atoms with Gasteiger partial charge in [-0.15, -0.1) is 23.7 Å². The molecule has 0 radical (unpaired) electrons. The number of hydrogen-bond donors (Lipinski definition) is 2. The zero-order valence-corrected chi connectivity index (χ0v) is 12.7. The Balaban J connectivity index is 0.00000147. The molecule has 0 saturated heterocycles. The van der Waals surface area contributed by atoms with Crippen LogP contribution in [0.25, 0.3) is 10.4 Å². The fraction of sp³-hybridized carbons (Fsp3) is 0.267. The molecule has 3 rings (SSSR count). The van der Waals surface area contributed by atoms with Crippen molar-refractivity contribution in [2.75, 3.05) is 13.1 Å². The van der Waals surface area contributed by atoms with Crippen molar-refractivity contribution in [1.82, 2.24) is 5.32 Å². The minimum atomic E-state index is -0.0117. The number of fused-ring (bicyclic) bond motifs is 3. The van der Waals surface area contributed by atoms with E-state index in [4.69, 9.17) is 5.73 Å². The summed E-state index contributed by atoms with van der Waals surface area (Å²) < 4.78 is 0. The summed E-state index contributed by atoms with van der Waals surface area (Å²) in [6.45, 7) is 0.998. The third kappa shape index (κ3) is 2.73. The molecule has 3 N–H and O–H groups in total. The Morgan fingerprint density at radius 1 is 1.25 bits per heavy atom. The van der Waals surface area contributed by atoms with Crippen LogP contribution in [0, 0.1) is 0 Å². The van der Waals surface area contributed by atoms with Crippen molar-refractivity contribution in [2.45, 2.75) is 12.8 Å². The van der Waals surface area contributed by atoms with Crippen LogP contribution in [0.5, 0.6) is 0 Å². The molecule has 0 saturated carbocycles. The molecule has 0 atom stereocenters. The molecule has 1 heterocycles. The number of halogens is 1. The molecular weight excluding hydrogens is 292 g/mol. The lowest BCUT2D eigenvalue weighted by atomic mass is 9.91. The molecular formula is C15H17ClN2OS. The van der Waals surface area contributed by atoms with Gasteiger partial charge < -0.3 is 11.1 Å². The van der Waals surface area contributed by atoms with Gasteiger partial charge in [-0.2, -0.15) is 0 Å². The number of amides is 1. The molecule has 1 amide bonds. The maximum absolute atomic E-state index is 12.0. The van der Waals surface area contributed by atoms with Crippen molar-refractivity contribution in [2.24, 2.45) is 5.73 Å². The zero-order valence-electron chi connectivity index (χ0n) is 11.0. The Labute approximate surface area is 128 Å². The Kier molecular flexibility index (Phi) is 4.81. The van der Waals surface area contributed by atoms with Crippen LogP contribution < -0.4 is 11.1 Å². The van der Waals surface area contributed by atoms with Gasteiger partial charge in [0, 0.05) is 18.0 Å². The summed E-state index contributed by atoms with van der Waals surface area (Å²) in [5.41, 5.74) is 9.36. The van der Waals surface area contributed by atoms with E-state index in [0.29, 0.717) is 13.1 Å². The Bertz CT molecular complexity index is 624. The fourth-order valence-electron chi connectivity index (χ4n) is 2.46. The minimum absolute atomic E-state index is 0. The van der Waals surface area contributed by atoms with Gasteiger partial charge in [0.05, 0.1) is 4.88 Å². The Morgan fingerprint density at radius 2 is 2.00 bits per heavy atom. The summed E-state index contributed by atoms with van der Waals surface area (Å²) in [6.07, 6.45) is 2.08. The van der Waals surface area contributed by atoms with Gasteiger partial charge in [0.2, 0.25) is 0 Å². The monoisotopic (exact) mass is 308 g/mol. The molecule has 2 aromatic rings. The van der Waals surface area contributed by atoms with E-state index in [-0.39, 0.29) is 18.3 Å². The van der Waals surface area contributed by atoms with E-state index in [1.165, 1.54) is 21.6 Å². The molecule has 0 spiro atoms. The van der Waals surface area contributed by atoms with E-state index >= 15 is 0 Å². The molecule has 0 unspecified atom stereocenters. The number of hydrogen-bond acceptors (Lipinski definition) is 3. The summed E-state index contributed by atoms with van der Waals surface area (Å²) in [5.74, 6) is -0.0117. The van der Waals surface area contributed by atoms with Gasteiger partial charge in [0.15, 0.2) is 0 Å². The van der Waals surface area contributed by atoms with Crippen LogP contribution in [0.15, 0.2) is 30.3 Å².